The first-order valence-electron chi connectivity index (χ1n) is 10.9. The van der Waals surface area contributed by atoms with Crippen molar-refractivity contribution in [2.24, 2.45) is 39.7 Å². The zero-order valence-corrected chi connectivity index (χ0v) is 17.4. The summed E-state index contributed by atoms with van der Waals surface area (Å²) in [4.78, 5) is 27.8. The predicted molar refractivity (Wildman–Crippen MR) is 107 cm³/mol. The van der Waals surface area contributed by atoms with Gasteiger partial charge in [-0.25, -0.2) is 4.79 Å². The average Bonchev–Trinajstić information content (AvgIpc) is 2.99. The van der Waals surface area contributed by atoms with E-state index in [2.05, 4.69) is 25.1 Å². The van der Waals surface area contributed by atoms with E-state index in [9.17, 15) is 9.59 Å². The van der Waals surface area contributed by atoms with Gasteiger partial charge in [-0.1, -0.05) is 24.6 Å². The second-order valence-corrected chi connectivity index (χ2v) is 10.0. The quantitative estimate of drug-likeness (QED) is 0.715. The molecule has 6 atom stereocenters. The monoisotopic (exact) mass is 387 g/mol. The van der Waals surface area contributed by atoms with E-state index >= 15 is 0 Å². The molecule has 0 bridgehead atoms. The van der Waals surface area contributed by atoms with Gasteiger partial charge in [-0.3, -0.25) is 4.79 Å². The minimum atomic E-state index is -0.996. The third kappa shape index (κ3) is 3.02. The fraction of sp³-hybridized carbons (Fsp3) is 0.783. The average molecular weight is 388 g/mol. The van der Waals surface area contributed by atoms with E-state index < -0.39 is 5.97 Å². The number of allylic oxidation sites excluding steroid dienone is 2. The molecule has 0 aromatic carbocycles. The first-order chi connectivity index (χ1) is 13.3. The number of carboxylic acids is 1. The Morgan fingerprint density at radius 2 is 1.93 bits per heavy atom. The number of rotatable bonds is 4. The largest absolute Gasteiger partial charge is 0.479 e. The zero-order valence-electron chi connectivity index (χ0n) is 17.4. The highest BCUT2D eigenvalue weighted by Crippen LogP contribution is 2.66. The van der Waals surface area contributed by atoms with Gasteiger partial charge in [0.1, 0.15) is 5.78 Å². The number of Topliss-reactive ketones (excluding diaryl/α,β-unsaturated/α-hetero) is 1. The Hall–Kier alpha value is -1.65. The lowest BCUT2D eigenvalue weighted by atomic mass is 9.46. The second kappa shape index (κ2) is 7.00. The van der Waals surface area contributed by atoms with Crippen LogP contribution in [0.2, 0.25) is 0 Å². The fourth-order valence-corrected chi connectivity index (χ4v) is 7.48. The molecule has 0 aliphatic heterocycles. The van der Waals surface area contributed by atoms with Gasteiger partial charge in [0.05, 0.1) is 5.71 Å². The molecule has 1 N–H and O–H groups in total. The van der Waals surface area contributed by atoms with Crippen molar-refractivity contribution in [2.75, 3.05) is 6.61 Å². The number of oxime groups is 1. The summed E-state index contributed by atoms with van der Waals surface area (Å²) in [6.07, 6.45) is 11.1. The van der Waals surface area contributed by atoms with Crippen LogP contribution in [0.25, 0.3) is 0 Å². The lowest BCUT2D eigenvalue weighted by Gasteiger charge is -2.58. The molecule has 0 aromatic heterocycles. The third-order valence-electron chi connectivity index (χ3n) is 8.84. The number of fused-ring (bicyclic) bond motifs is 5. The Morgan fingerprint density at radius 1 is 1.14 bits per heavy atom. The van der Waals surface area contributed by atoms with Gasteiger partial charge in [0.15, 0.2) is 0 Å². The Balaban J connectivity index is 1.55. The summed E-state index contributed by atoms with van der Waals surface area (Å²) in [5, 5.41) is 12.8. The molecule has 4 rings (SSSR count). The second-order valence-electron chi connectivity index (χ2n) is 10.0. The molecule has 4 aliphatic carbocycles. The maximum atomic E-state index is 12.3. The molecule has 5 nitrogen and oxygen atoms in total. The topological polar surface area (TPSA) is 76.0 Å². The predicted octanol–water partition coefficient (Wildman–Crippen LogP) is 4.61. The van der Waals surface area contributed by atoms with Crippen molar-refractivity contribution >= 4 is 17.5 Å². The van der Waals surface area contributed by atoms with Gasteiger partial charge in [0, 0.05) is 5.92 Å². The van der Waals surface area contributed by atoms with Crippen molar-refractivity contribution < 1.29 is 19.5 Å². The van der Waals surface area contributed by atoms with Crippen LogP contribution in [0.3, 0.4) is 0 Å². The minimum Gasteiger partial charge on any atom is -0.479 e. The van der Waals surface area contributed by atoms with Crippen LogP contribution < -0.4 is 0 Å². The minimum absolute atomic E-state index is 0.205. The molecule has 0 saturated heterocycles. The van der Waals surface area contributed by atoms with Crippen LogP contribution in [-0.2, 0) is 14.4 Å². The van der Waals surface area contributed by atoms with Crippen molar-refractivity contribution in [3.8, 4) is 0 Å². The van der Waals surface area contributed by atoms with Crippen LogP contribution in [0.4, 0.5) is 0 Å². The van der Waals surface area contributed by atoms with Crippen LogP contribution >= 0.6 is 0 Å². The molecule has 0 radical (unpaired) electrons. The smallest absolute Gasteiger partial charge is 0.344 e. The van der Waals surface area contributed by atoms with Crippen LogP contribution in [0, 0.1) is 34.5 Å². The van der Waals surface area contributed by atoms with E-state index in [-0.39, 0.29) is 23.4 Å². The van der Waals surface area contributed by atoms with Gasteiger partial charge < -0.3 is 9.94 Å². The van der Waals surface area contributed by atoms with Gasteiger partial charge >= 0.3 is 5.97 Å². The highest BCUT2D eigenvalue weighted by Gasteiger charge is 2.59. The van der Waals surface area contributed by atoms with Crippen LogP contribution in [0.15, 0.2) is 16.8 Å². The molecule has 28 heavy (non-hydrogen) atoms. The number of aliphatic carboxylic acids is 1. The van der Waals surface area contributed by atoms with Crippen molar-refractivity contribution in [3.63, 3.8) is 0 Å². The summed E-state index contributed by atoms with van der Waals surface area (Å²) < 4.78 is 0. The summed E-state index contributed by atoms with van der Waals surface area (Å²) in [5.74, 6) is 1.77. The molecule has 3 saturated carbocycles. The van der Waals surface area contributed by atoms with Crippen LogP contribution in [0.1, 0.15) is 72.1 Å². The molecule has 6 unspecified atom stereocenters. The fourth-order valence-electron chi connectivity index (χ4n) is 7.48. The summed E-state index contributed by atoms with van der Waals surface area (Å²) >= 11 is 0. The van der Waals surface area contributed by atoms with Crippen molar-refractivity contribution in [1.82, 2.24) is 0 Å². The number of ketones is 1. The van der Waals surface area contributed by atoms with E-state index in [0.29, 0.717) is 17.6 Å². The maximum absolute atomic E-state index is 12.3. The van der Waals surface area contributed by atoms with Crippen molar-refractivity contribution in [2.45, 2.75) is 72.1 Å². The van der Waals surface area contributed by atoms with Crippen molar-refractivity contribution in [3.05, 3.63) is 11.6 Å². The summed E-state index contributed by atoms with van der Waals surface area (Å²) in [7, 11) is 0. The lowest BCUT2D eigenvalue weighted by Crippen LogP contribution is -2.51. The maximum Gasteiger partial charge on any atom is 0.344 e. The Bertz CT molecular complexity index is 741. The molecule has 0 heterocycles. The lowest BCUT2D eigenvalue weighted by molar-refractivity contribution is -0.142. The van der Waals surface area contributed by atoms with Crippen LogP contribution in [-0.4, -0.2) is 29.2 Å². The SMILES string of the molecule is CC(=O)C1CCC2C3CCC4=C/C(=N/OCC(=O)O)CCC4(C)C3CCC12C. The summed E-state index contributed by atoms with van der Waals surface area (Å²) in [6, 6.07) is 0. The number of carboxylic acid groups (broad SMARTS) is 1. The molecule has 5 heteroatoms. The van der Waals surface area contributed by atoms with Gasteiger partial charge in [-0.2, -0.15) is 0 Å². The van der Waals surface area contributed by atoms with Crippen molar-refractivity contribution in [1.29, 1.82) is 0 Å². The highest BCUT2D eigenvalue weighted by molar-refractivity contribution is 5.96. The van der Waals surface area contributed by atoms with Gasteiger partial charge in [-0.05, 0) is 93.0 Å². The Labute approximate surface area is 167 Å². The summed E-state index contributed by atoms with van der Waals surface area (Å²) in [5.41, 5.74) is 2.77. The standard InChI is InChI=1S/C23H33NO4/c1-14(25)18-6-7-19-17-5-4-15-12-16(24-28-13-21(26)27)8-10-22(15,2)20(17)9-11-23(18,19)3/h12,17-20H,4-11,13H2,1-3H3,(H,26,27)/b24-16+. The Morgan fingerprint density at radius 3 is 2.64 bits per heavy atom. The van der Waals surface area contributed by atoms with Gasteiger partial charge in [-0.15, -0.1) is 0 Å². The number of hydrogen-bond acceptors (Lipinski definition) is 4. The van der Waals surface area contributed by atoms with E-state index in [1.807, 2.05) is 0 Å². The molecule has 154 valence electrons. The third-order valence-corrected chi connectivity index (χ3v) is 8.84. The molecular weight excluding hydrogens is 354 g/mol. The van der Waals surface area contributed by atoms with E-state index in [4.69, 9.17) is 9.94 Å². The highest BCUT2D eigenvalue weighted by atomic mass is 16.6. The Kier molecular flexibility index (Phi) is 4.91. The number of carbonyl (C=O) groups is 2. The normalized spacial score (nSPS) is 43.5. The first-order valence-corrected chi connectivity index (χ1v) is 10.9. The van der Waals surface area contributed by atoms with E-state index in [0.717, 1.165) is 37.3 Å². The van der Waals surface area contributed by atoms with Gasteiger partial charge in [0.2, 0.25) is 6.61 Å². The van der Waals surface area contributed by atoms with Crippen LogP contribution in [0.5, 0.6) is 0 Å². The molecule has 0 spiro atoms. The molecule has 0 amide bonds. The molecule has 3 fully saturated rings. The first kappa shape index (κ1) is 19.7. The number of carbonyl (C=O) groups excluding carboxylic acids is 1. The van der Waals surface area contributed by atoms with E-state index in [1.54, 1.807) is 6.92 Å². The van der Waals surface area contributed by atoms with E-state index in [1.165, 1.54) is 31.3 Å². The van der Waals surface area contributed by atoms with Gasteiger partial charge in [0.25, 0.3) is 0 Å². The molecular formula is C23H33NO4. The molecule has 4 aliphatic rings. The number of hydrogen-bond donors (Lipinski definition) is 1. The summed E-state index contributed by atoms with van der Waals surface area (Å²) in [6.45, 7) is 6.24. The molecule has 0 aromatic rings. The number of nitrogens with zero attached hydrogens (tertiary/aromatic N) is 1. The zero-order chi connectivity index (χ0) is 20.1.